The van der Waals surface area contributed by atoms with Gasteiger partial charge in [0.15, 0.2) is 0 Å². The maximum absolute atomic E-state index is 12.7. The van der Waals surface area contributed by atoms with Crippen LogP contribution >= 0.6 is 7.82 Å². The second-order valence-electron chi connectivity index (χ2n) is 14.2. The van der Waals surface area contributed by atoms with E-state index in [1.165, 1.54) is 148 Å². The molecule has 3 atom stereocenters. The lowest BCUT2D eigenvalue weighted by Gasteiger charge is -2.25. The Balaban J connectivity index is 4.06. The predicted octanol–water partition coefficient (Wildman–Crippen LogP) is 11.1. The average molecular weight is 705 g/mol. The van der Waals surface area contributed by atoms with Gasteiger partial charge in [0.25, 0.3) is 0 Å². The van der Waals surface area contributed by atoms with Crippen molar-refractivity contribution in [3.8, 4) is 0 Å². The maximum Gasteiger partial charge on any atom is 0.472 e. The molecule has 0 aromatic carbocycles. The van der Waals surface area contributed by atoms with Gasteiger partial charge in [0.2, 0.25) is 5.91 Å². The molecule has 3 unspecified atom stereocenters. The first kappa shape index (κ1) is 47.5. The summed E-state index contributed by atoms with van der Waals surface area (Å²) in [4.78, 5) is 22.6. The summed E-state index contributed by atoms with van der Waals surface area (Å²) in [5.41, 5.74) is 5.36. The fourth-order valence-electron chi connectivity index (χ4n) is 6.31. The Morgan fingerprint density at radius 3 is 1.33 bits per heavy atom. The van der Waals surface area contributed by atoms with Crippen LogP contribution in [0.15, 0.2) is 0 Å². The molecule has 0 radical (unpaired) electrons. The van der Waals surface area contributed by atoms with Crippen LogP contribution in [0.2, 0.25) is 0 Å². The number of aliphatic hydroxyl groups is 1. The lowest BCUT2D eigenvalue weighted by molar-refractivity contribution is -0.123. The smallest absolute Gasteiger partial charge is 0.391 e. The van der Waals surface area contributed by atoms with Crippen molar-refractivity contribution in [2.75, 3.05) is 19.8 Å². The summed E-state index contributed by atoms with van der Waals surface area (Å²) in [5.74, 6) is -0.162. The first-order valence-electron chi connectivity index (χ1n) is 20.7. The van der Waals surface area contributed by atoms with E-state index in [0.29, 0.717) is 12.8 Å². The summed E-state index contributed by atoms with van der Waals surface area (Å²) in [6, 6.07) is -0.765. The number of amides is 1. The number of rotatable bonds is 39. The molecular weight excluding hydrogens is 623 g/mol. The number of aliphatic hydroxyl groups excluding tert-OH is 1. The SMILES string of the molecule is CCCCCCCCCCCCCCCCCCCCCCC(O)C(COP(=O)(O)OCCN)NC(=O)CCCCCCCCCCC. The third-order valence-electron chi connectivity index (χ3n) is 9.46. The number of unbranched alkanes of at least 4 members (excludes halogenated alkanes) is 27. The monoisotopic (exact) mass is 705 g/mol. The van der Waals surface area contributed by atoms with Gasteiger partial charge in [0.05, 0.1) is 25.4 Å². The zero-order chi connectivity index (χ0) is 35.4. The molecule has 0 aliphatic carbocycles. The van der Waals surface area contributed by atoms with Crippen molar-refractivity contribution >= 4 is 13.7 Å². The minimum atomic E-state index is -4.30. The number of phosphoric acid groups is 1. The number of carbonyl (C=O) groups excluding carboxylic acids is 1. The lowest BCUT2D eigenvalue weighted by Crippen LogP contribution is -2.46. The van der Waals surface area contributed by atoms with Gasteiger partial charge in [-0.1, -0.05) is 194 Å². The molecule has 0 saturated heterocycles. The highest BCUT2D eigenvalue weighted by molar-refractivity contribution is 7.47. The molecular formula is C39H81N2O6P. The molecule has 48 heavy (non-hydrogen) atoms. The normalized spacial score (nSPS) is 14.2. The Hall–Kier alpha value is -0.500. The Morgan fingerprint density at radius 2 is 0.958 bits per heavy atom. The molecule has 0 aromatic rings. The number of nitrogens with two attached hydrogens (primary N) is 1. The standard InChI is InChI=1S/C39H81N2O6P/c1-3-5-7-9-11-13-14-15-16-17-18-19-20-21-22-23-25-26-28-30-32-38(42)37(36-47-48(44,45)46-35-34-40)41-39(43)33-31-29-27-24-12-10-8-6-4-2/h37-38,42H,3-36,40H2,1-2H3,(H,41,43)(H,44,45). The van der Waals surface area contributed by atoms with Gasteiger partial charge in [-0.25, -0.2) is 4.57 Å². The van der Waals surface area contributed by atoms with Gasteiger partial charge in [-0.15, -0.1) is 0 Å². The van der Waals surface area contributed by atoms with Crippen LogP contribution in [-0.2, 0) is 18.4 Å². The Labute approximate surface area is 297 Å². The van der Waals surface area contributed by atoms with Gasteiger partial charge < -0.3 is 21.1 Å². The summed E-state index contributed by atoms with van der Waals surface area (Å²) in [7, 11) is -4.30. The highest BCUT2D eigenvalue weighted by atomic mass is 31.2. The summed E-state index contributed by atoms with van der Waals surface area (Å²) in [6.45, 7) is 4.20. The van der Waals surface area contributed by atoms with E-state index in [9.17, 15) is 19.4 Å². The van der Waals surface area contributed by atoms with Gasteiger partial charge >= 0.3 is 7.82 Å². The van der Waals surface area contributed by atoms with Crippen molar-refractivity contribution in [3.63, 3.8) is 0 Å². The fourth-order valence-corrected chi connectivity index (χ4v) is 7.07. The van der Waals surface area contributed by atoms with E-state index in [1.807, 2.05) is 0 Å². The van der Waals surface area contributed by atoms with Crippen molar-refractivity contribution in [1.82, 2.24) is 5.32 Å². The van der Waals surface area contributed by atoms with Crippen LogP contribution in [0.25, 0.3) is 0 Å². The second kappa shape index (κ2) is 36.3. The third kappa shape index (κ3) is 34.0. The van der Waals surface area contributed by atoms with E-state index in [0.717, 1.165) is 38.5 Å². The first-order chi connectivity index (χ1) is 23.4. The number of hydrogen-bond acceptors (Lipinski definition) is 6. The van der Waals surface area contributed by atoms with Crippen LogP contribution in [0.3, 0.4) is 0 Å². The summed E-state index contributed by atoms with van der Waals surface area (Å²) >= 11 is 0. The number of nitrogens with one attached hydrogen (secondary N) is 1. The molecule has 0 aromatic heterocycles. The molecule has 5 N–H and O–H groups in total. The van der Waals surface area contributed by atoms with E-state index < -0.39 is 20.0 Å². The van der Waals surface area contributed by atoms with Gasteiger partial charge in [0.1, 0.15) is 0 Å². The molecule has 0 rings (SSSR count). The quantitative estimate of drug-likeness (QED) is 0.0370. The molecule has 0 spiro atoms. The number of phosphoric ester groups is 1. The minimum Gasteiger partial charge on any atom is -0.391 e. The number of hydrogen-bond donors (Lipinski definition) is 4. The Morgan fingerprint density at radius 1 is 0.604 bits per heavy atom. The van der Waals surface area contributed by atoms with E-state index in [2.05, 4.69) is 19.2 Å². The zero-order valence-corrected chi connectivity index (χ0v) is 32.6. The zero-order valence-electron chi connectivity index (χ0n) is 31.7. The van der Waals surface area contributed by atoms with Crippen LogP contribution in [0.1, 0.15) is 213 Å². The molecule has 0 fully saturated rings. The van der Waals surface area contributed by atoms with Gasteiger partial charge in [-0.3, -0.25) is 13.8 Å². The van der Waals surface area contributed by atoms with Crippen LogP contribution in [0.4, 0.5) is 0 Å². The van der Waals surface area contributed by atoms with Crippen LogP contribution in [0, 0.1) is 0 Å². The average Bonchev–Trinajstić information content (AvgIpc) is 3.07. The second-order valence-corrected chi connectivity index (χ2v) is 15.7. The minimum absolute atomic E-state index is 0.0921. The maximum atomic E-state index is 12.7. The highest BCUT2D eigenvalue weighted by Gasteiger charge is 2.27. The van der Waals surface area contributed by atoms with Gasteiger partial charge in [-0.05, 0) is 12.8 Å². The largest absolute Gasteiger partial charge is 0.472 e. The van der Waals surface area contributed by atoms with Gasteiger partial charge in [0, 0.05) is 13.0 Å². The van der Waals surface area contributed by atoms with Crippen molar-refractivity contribution in [2.24, 2.45) is 5.73 Å². The first-order valence-corrected chi connectivity index (χ1v) is 22.1. The van der Waals surface area contributed by atoms with E-state index >= 15 is 0 Å². The van der Waals surface area contributed by atoms with Gasteiger partial charge in [-0.2, -0.15) is 0 Å². The molecule has 0 heterocycles. The molecule has 8 nitrogen and oxygen atoms in total. The van der Waals surface area contributed by atoms with E-state index in [4.69, 9.17) is 14.8 Å². The van der Waals surface area contributed by atoms with Crippen LogP contribution < -0.4 is 11.1 Å². The highest BCUT2D eigenvalue weighted by Crippen LogP contribution is 2.43. The molecule has 0 saturated carbocycles. The molecule has 9 heteroatoms. The topological polar surface area (TPSA) is 131 Å². The molecule has 0 aliphatic rings. The molecule has 1 amide bonds. The third-order valence-corrected chi connectivity index (χ3v) is 10.4. The van der Waals surface area contributed by atoms with Crippen LogP contribution in [0.5, 0.6) is 0 Å². The summed E-state index contributed by atoms with van der Waals surface area (Å²) in [6.07, 6.45) is 36.9. The fraction of sp³-hybridized carbons (Fsp3) is 0.974. The van der Waals surface area contributed by atoms with Crippen molar-refractivity contribution in [3.05, 3.63) is 0 Å². The van der Waals surface area contributed by atoms with Crippen molar-refractivity contribution < 1.29 is 28.4 Å². The van der Waals surface area contributed by atoms with Crippen LogP contribution in [-0.4, -0.2) is 47.8 Å². The molecule has 0 aliphatic heterocycles. The Bertz CT molecular complexity index is 729. The van der Waals surface area contributed by atoms with Crippen molar-refractivity contribution in [1.29, 1.82) is 0 Å². The lowest BCUT2D eigenvalue weighted by atomic mass is 10.0. The summed E-state index contributed by atoms with van der Waals surface area (Å²) in [5, 5.41) is 13.7. The van der Waals surface area contributed by atoms with Crippen molar-refractivity contribution in [2.45, 2.75) is 225 Å². The predicted molar refractivity (Wildman–Crippen MR) is 203 cm³/mol. The van der Waals surface area contributed by atoms with E-state index in [1.54, 1.807) is 0 Å². The van der Waals surface area contributed by atoms with E-state index in [-0.39, 0.29) is 25.7 Å². The molecule has 288 valence electrons. The Kier molecular flexibility index (Phi) is 35.9. The molecule has 0 bridgehead atoms. The number of carbonyl (C=O) groups is 1. The summed E-state index contributed by atoms with van der Waals surface area (Å²) < 4.78 is 22.1.